The van der Waals surface area contributed by atoms with Gasteiger partial charge in [0.1, 0.15) is 11.8 Å². The van der Waals surface area contributed by atoms with E-state index in [4.69, 9.17) is 4.74 Å². The van der Waals surface area contributed by atoms with Crippen molar-refractivity contribution >= 4 is 5.91 Å². The Morgan fingerprint density at radius 1 is 1.18 bits per heavy atom. The number of alkyl halides is 3. The van der Waals surface area contributed by atoms with Gasteiger partial charge in [0.2, 0.25) is 5.88 Å². The predicted molar refractivity (Wildman–Crippen MR) is 121 cm³/mol. The fourth-order valence-corrected chi connectivity index (χ4v) is 3.87. The maximum Gasteiger partial charge on any atom is 0.417 e. The van der Waals surface area contributed by atoms with Crippen molar-refractivity contribution in [2.24, 2.45) is 7.05 Å². The van der Waals surface area contributed by atoms with E-state index < -0.39 is 17.8 Å². The summed E-state index contributed by atoms with van der Waals surface area (Å²) in [6.07, 6.45) is -0.254. The maximum atomic E-state index is 13.7. The summed E-state index contributed by atoms with van der Waals surface area (Å²) in [4.78, 5) is 28.1. The third kappa shape index (κ3) is 5.37. The summed E-state index contributed by atoms with van der Waals surface area (Å²) in [5.74, 6) is 0.415. The van der Waals surface area contributed by atoms with Crippen molar-refractivity contribution in [2.45, 2.75) is 52.4 Å². The molecule has 10 heteroatoms. The monoisotopic (exact) mass is 475 g/mol. The van der Waals surface area contributed by atoms with Gasteiger partial charge in [-0.3, -0.25) is 4.79 Å². The molecule has 0 saturated heterocycles. The fourth-order valence-electron chi connectivity index (χ4n) is 3.87. The minimum absolute atomic E-state index is 0.0631. The van der Waals surface area contributed by atoms with Gasteiger partial charge in [0.05, 0.1) is 17.2 Å². The average molecular weight is 476 g/mol. The van der Waals surface area contributed by atoms with Crippen molar-refractivity contribution in [3.8, 4) is 17.4 Å². The molecule has 0 aromatic carbocycles. The zero-order chi connectivity index (χ0) is 25.0. The van der Waals surface area contributed by atoms with Crippen LogP contribution in [-0.4, -0.2) is 49.0 Å². The van der Waals surface area contributed by atoms with Crippen LogP contribution in [0.15, 0.2) is 42.9 Å². The smallest absolute Gasteiger partial charge is 0.417 e. The Balaban J connectivity index is 1.87. The van der Waals surface area contributed by atoms with E-state index in [1.165, 1.54) is 6.07 Å². The van der Waals surface area contributed by atoms with Gasteiger partial charge in [-0.25, -0.2) is 15.0 Å². The normalized spacial score (nSPS) is 13.4. The van der Waals surface area contributed by atoms with Crippen molar-refractivity contribution in [1.29, 1.82) is 0 Å². The molecular weight excluding hydrogens is 447 g/mol. The molecule has 0 aliphatic heterocycles. The van der Waals surface area contributed by atoms with Gasteiger partial charge in [0.25, 0.3) is 5.91 Å². The molecule has 2 atom stereocenters. The number of rotatable bonds is 8. The molecule has 0 N–H and O–H groups in total. The predicted octanol–water partition coefficient (Wildman–Crippen LogP) is 4.91. The standard InChI is InChI=1S/C24H28F3N5O2/c1-6-19(16(4)34-20-11-9-17(14-29-20)24(25,26)27)32(7-2)23(33)18-10-8-15(3)30-21(18)22-28-12-13-31(22)5/h8-14,16,19H,6-7H2,1-5H3. The second kappa shape index (κ2) is 10.2. The minimum Gasteiger partial charge on any atom is -0.472 e. The van der Waals surface area contributed by atoms with Crippen LogP contribution in [0.3, 0.4) is 0 Å². The number of likely N-dealkylation sites (N-methyl/N-ethyl adjacent to an activating group) is 1. The second-order valence-corrected chi connectivity index (χ2v) is 7.98. The third-order valence-electron chi connectivity index (χ3n) is 5.63. The van der Waals surface area contributed by atoms with Gasteiger partial charge in [-0.05, 0) is 45.4 Å². The van der Waals surface area contributed by atoms with Crippen molar-refractivity contribution in [2.75, 3.05) is 6.54 Å². The van der Waals surface area contributed by atoms with Crippen molar-refractivity contribution in [3.63, 3.8) is 0 Å². The van der Waals surface area contributed by atoms with Crippen LogP contribution in [0.2, 0.25) is 0 Å². The molecule has 3 aromatic heterocycles. The Morgan fingerprint density at radius 3 is 2.44 bits per heavy atom. The first-order valence-corrected chi connectivity index (χ1v) is 11.0. The van der Waals surface area contributed by atoms with Crippen molar-refractivity contribution in [1.82, 2.24) is 24.4 Å². The number of amides is 1. The number of ether oxygens (including phenoxy) is 1. The Labute approximate surface area is 196 Å². The van der Waals surface area contributed by atoms with Crippen LogP contribution >= 0.6 is 0 Å². The number of hydrogen-bond donors (Lipinski definition) is 0. The van der Waals surface area contributed by atoms with Crippen LogP contribution in [-0.2, 0) is 13.2 Å². The van der Waals surface area contributed by atoms with Crippen LogP contribution in [0.5, 0.6) is 5.88 Å². The molecule has 0 bridgehead atoms. The summed E-state index contributed by atoms with van der Waals surface area (Å²) in [6.45, 7) is 7.81. The lowest BCUT2D eigenvalue weighted by Crippen LogP contribution is -2.48. The van der Waals surface area contributed by atoms with E-state index in [2.05, 4.69) is 15.0 Å². The summed E-state index contributed by atoms with van der Waals surface area (Å²) in [5.41, 5.74) is 0.817. The second-order valence-electron chi connectivity index (χ2n) is 7.98. The van der Waals surface area contributed by atoms with Gasteiger partial charge in [-0.2, -0.15) is 13.2 Å². The van der Waals surface area contributed by atoms with Gasteiger partial charge in [-0.15, -0.1) is 0 Å². The fraction of sp³-hybridized carbons (Fsp3) is 0.417. The van der Waals surface area contributed by atoms with Crippen LogP contribution in [0.1, 0.15) is 48.8 Å². The largest absolute Gasteiger partial charge is 0.472 e. The highest BCUT2D eigenvalue weighted by molar-refractivity contribution is 5.99. The number of nitrogens with zero attached hydrogens (tertiary/aromatic N) is 5. The number of carbonyl (C=O) groups excluding carboxylic acids is 1. The molecule has 0 saturated carbocycles. The summed E-state index contributed by atoms with van der Waals surface area (Å²) >= 11 is 0. The van der Waals surface area contributed by atoms with Crippen LogP contribution in [0.4, 0.5) is 13.2 Å². The first-order chi connectivity index (χ1) is 16.1. The first kappa shape index (κ1) is 25.2. The lowest BCUT2D eigenvalue weighted by Gasteiger charge is -2.34. The molecule has 0 fully saturated rings. The Hall–Kier alpha value is -3.43. The molecular formula is C24H28F3N5O2. The van der Waals surface area contributed by atoms with E-state index >= 15 is 0 Å². The van der Waals surface area contributed by atoms with E-state index in [0.29, 0.717) is 30.0 Å². The highest BCUT2D eigenvalue weighted by atomic mass is 19.4. The van der Waals surface area contributed by atoms with Crippen LogP contribution < -0.4 is 4.74 Å². The molecule has 182 valence electrons. The van der Waals surface area contributed by atoms with Gasteiger partial charge in [-0.1, -0.05) is 6.92 Å². The summed E-state index contributed by atoms with van der Waals surface area (Å²) in [5, 5.41) is 0. The highest BCUT2D eigenvalue weighted by Gasteiger charge is 2.32. The number of aromatic nitrogens is 4. The van der Waals surface area contributed by atoms with E-state index in [1.54, 1.807) is 40.9 Å². The van der Waals surface area contributed by atoms with Gasteiger partial charge in [0, 0.05) is 43.9 Å². The van der Waals surface area contributed by atoms with Crippen LogP contribution in [0, 0.1) is 6.92 Å². The Morgan fingerprint density at radius 2 is 1.91 bits per heavy atom. The highest BCUT2D eigenvalue weighted by Crippen LogP contribution is 2.30. The average Bonchev–Trinajstić information content (AvgIpc) is 3.22. The zero-order valence-electron chi connectivity index (χ0n) is 19.8. The molecule has 3 heterocycles. The molecule has 1 amide bonds. The van der Waals surface area contributed by atoms with E-state index in [-0.39, 0.29) is 17.8 Å². The molecule has 0 aliphatic carbocycles. The maximum absolute atomic E-state index is 13.7. The molecule has 3 aromatic rings. The molecule has 34 heavy (non-hydrogen) atoms. The summed E-state index contributed by atoms with van der Waals surface area (Å²) in [7, 11) is 1.83. The quantitative estimate of drug-likeness (QED) is 0.463. The summed E-state index contributed by atoms with van der Waals surface area (Å²) in [6, 6.07) is 5.29. The number of carbonyl (C=O) groups is 1. The summed E-state index contributed by atoms with van der Waals surface area (Å²) < 4.78 is 46.1. The zero-order valence-corrected chi connectivity index (χ0v) is 19.8. The van der Waals surface area contributed by atoms with E-state index in [9.17, 15) is 18.0 Å². The number of aryl methyl sites for hydroxylation is 2. The molecule has 2 unspecified atom stereocenters. The van der Waals surface area contributed by atoms with E-state index in [0.717, 1.165) is 18.0 Å². The number of pyridine rings is 2. The van der Waals surface area contributed by atoms with Gasteiger partial charge < -0.3 is 14.2 Å². The van der Waals surface area contributed by atoms with Gasteiger partial charge in [0.15, 0.2) is 5.82 Å². The molecule has 0 radical (unpaired) electrons. The van der Waals surface area contributed by atoms with E-state index in [1.807, 2.05) is 27.8 Å². The molecule has 3 rings (SSSR count). The number of hydrogen-bond acceptors (Lipinski definition) is 5. The lowest BCUT2D eigenvalue weighted by molar-refractivity contribution is -0.137. The van der Waals surface area contributed by atoms with Crippen LogP contribution in [0.25, 0.3) is 11.5 Å². The SMILES string of the molecule is CCC(C(C)Oc1ccc(C(F)(F)F)cn1)N(CC)C(=O)c1ccc(C)nc1-c1nccn1C. The van der Waals surface area contributed by atoms with Crippen molar-refractivity contribution < 1.29 is 22.7 Å². The molecule has 0 spiro atoms. The van der Waals surface area contributed by atoms with Gasteiger partial charge >= 0.3 is 6.18 Å². The third-order valence-corrected chi connectivity index (χ3v) is 5.63. The lowest BCUT2D eigenvalue weighted by atomic mass is 10.0. The molecule has 0 aliphatic rings. The topological polar surface area (TPSA) is 73.1 Å². The van der Waals surface area contributed by atoms with Crippen molar-refractivity contribution in [3.05, 3.63) is 59.7 Å². The first-order valence-electron chi connectivity index (χ1n) is 11.0. The Kier molecular flexibility index (Phi) is 7.58. The number of halogens is 3. The Bertz CT molecular complexity index is 1130. The number of imidazole rings is 1. The molecule has 7 nitrogen and oxygen atoms in total. The minimum atomic E-state index is -4.47.